The van der Waals surface area contributed by atoms with Gasteiger partial charge in [-0.25, -0.2) is 0 Å². The molecule has 0 amide bonds. The van der Waals surface area contributed by atoms with Crippen molar-refractivity contribution >= 4 is 5.82 Å². The van der Waals surface area contributed by atoms with Crippen LogP contribution in [-0.2, 0) is 7.05 Å². The van der Waals surface area contributed by atoms with Crippen LogP contribution in [-0.4, -0.2) is 16.3 Å². The van der Waals surface area contributed by atoms with E-state index in [9.17, 15) is 0 Å². The molecule has 1 fully saturated rings. The number of nitrogens with one attached hydrogen (secondary N) is 1. The number of aromatic nitrogens is 2. The van der Waals surface area contributed by atoms with Crippen molar-refractivity contribution in [2.75, 3.05) is 11.9 Å². The maximum absolute atomic E-state index is 4.25. The maximum Gasteiger partial charge on any atom is 0.147 e. The van der Waals surface area contributed by atoms with Gasteiger partial charge in [-0.05, 0) is 18.3 Å². The number of hydrogen-bond acceptors (Lipinski definition) is 2. The molecule has 1 heterocycles. The van der Waals surface area contributed by atoms with Gasteiger partial charge in [0.1, 0.15) is 5.82 Å². The molecule has 0 unspecified atom stereocenters. The summed E-state index contributed by atoms with van der Waals surface area (Å²) in [6.07, 6.45) is 4.66. The Morgan fingerprint density at radius 1 is 1.67 bits per heavy atom. The Bertz CT molecular complexity index is 273. The Balaban J connectivity index is 1.87. The molecule has 0 atom stereocenters. The predicted octanol–water partition coefficient (Wildman–Crippen LogP) is 1.63. The highest BCUT2D eigenvalue weighted by Crippen LogP contribution is 2.44. The molecular weight excluding hydrogens is 150 g/mol. The second-order valence-electron chi connectivity index (χ2n) is 4.04. The minimum Gasteiger partial charge on any atom is -0.368 e. The number of anilines is 1. The monoisotopic (exact) mass is 165 g/mol. The molecule has 2 rings (SSSR count). The molecule has 12 heavy (non-hydrogen) atoms. The van der Waals surface area contributed by atoms with Crippen molar-refractivity contribution in [1.29, 1.82) is 0 Å². The first kappa shape index (κ1) is 7.65. The molecule has 1 aromatic rings. The van der Waals surface area contributed by atoms with E-state index >= 15 is 0 Å². The molecule has 1 aliphatic carbocycles. The summed E-state index contributed by atoms with van der Waals surface area (Å²) in [7, 11) is 1.93. The summed E-state index contributed by atoms with van der Waals surface area (Å²) in [6.45, 7) is 3.37. The fourth-order valence-corrected chi connectivity index (χ4v) is 1.20. The van der Waals surface area contributed by atoms with Crippen LogP contribution in [0.5, 0.6) is 0 Å². The van der Waals surface area contributed by atoms with E-state index < -0.39 is 0 Å². The quantitative estimate of drug-likeness (QED) is 0.737. The van der Waals surface area contributed by atoms with Crippen molar-refractivity contribution in [3.63, 3.8) is 0 Å². The van der Waals surface area contributed by atoms with E-state index in [0.29, 0.717) is 5.41 Å². The van der Waals surface area contributed by atoms with Crippen LogP contribution in [0.1, 0.15) is 19.8 Å². The topological polar surface area (TPSA) is 29.9 Å². The van der Waals surface area contributed by atoms with Crippen LogP contribution in [0.25, 0.3) is 0 Å². The molecular formula is C9H15N3. The predicted molar refractivity (Wildman–Crippen MR) is 49.0 cm³/mol. The van der Waals surface area contributed by atoms with E-state index in [-0.39, 0.29) is 0 Å². The molecule has 0 radical (unpaired) electrons. The molecule has 0 aliphatic heterocycles. The summed E-state index contributed by atoms with van der Waals surface area (Å²) >= 11 is 0. The highest BCUT2D eigenvalue weighted by molar-refractivity contribution is 5.32. The minimum atomic E-state index is 0.553. The smallest absolute Gasteiger partial charge is 0.147 e. The highest BCUT2D eigenvalue weighted by Gasteiger charge is 2.36. The second-order valence-corrected chi connectivity index (χ2v) is 4.04. The molecule has 1 aliphatic rings. The number of aryl methyl sites for hydroxylation is 1. The Morgan fingerprint density at radius 3 is 2.92 bits per heavy atom. The zero-order valence-corrected chi connectivity index (χ0v) is 7.67. The molecule has 3 heteroatoms. The Kier molecular flexibility index (Phi) is 1.60. The van der Waals surface area contributed by atoms with Gasteiger partial charge in [0, 0.05) is 25.9 Å². The third-order valence-corrected chi connectivity index (χ3v) is 2.51. The molecule has 1 aromatic heterocycles. The highest BCUT2D eigenvalue weighted by atomic mass is 15.3. The molecule has 3 nitrogen and oxygen atoms in total. The van der Waals surface area contributed by atoms with Gasteiger partial charge in [-0.2, -0.15) is 5.10 Å². The van der Waals surface area contributed by atoms with Crippen molar-refractivity contribution in [2.24, 2.45) is 12.5 Å². The Hall–Kier alpha value is -0.990. The average Bonchev–Trinajstić information content (AvgIpc) is 2.60. The first-order valence-corrected chi connectivity index (χ1v) is 4.42. The third-order valence-electron chi connectivity index (χ3n) is 2.51. The summed E-state index contributed by atoms with van der Waals surface area (Å²) < 4.78 is 1.82. The van der Waals surface area contributed by atoms with Gasteiger partial charge < -0.3 is 5.32 Å². The lowest BCUT2D eigenvalue weighted by Crippen LogP contribution is -2.12. The van der Waals surface area contributed by atoms with E-state index in [4.69, 9.17) is 0 Å². The molecule has 0 saturated heterocycles. The molecule has 0 aromatic carbocycles. The largest absolute Gasteiger partial charge is 0.368 e. The number of hydrogen-bond donors (Lipinski definition) is 1. The van der Waals surface area contributed by atoms with Crippen LogP contribution in [0, 0.1) is 5.41 Å². The summed E-state index contributed by atoms with van der Waals surface area (Å²) in [5.74, 6) is 0.991. The minimum absolute atomic E-state index is 0.553. The SMILES string of the molecule is Cn1ccc(NCC2(C)CC2)n1. The average molecular weight is 165 g/mol. The van der Waals surface area contributed by atoms with Crippen molar-refractivity contribution in [2.45, 2.75) is 19.8 Å². The van der Waals surface area contributed by atoms with Gasteiger partial charge in [0.2, 0.25) is 0 Å². The first-order chi connectivity index (χ1) is 5.68. The van der Waals surface area contributed by atoms with Gasteiger partial charge in [0.25, 0.3) is 0 Å². The maximum atomic E-state index is 4.25. The van der Waals surface area contributed by atoms with Crippen molar-refractivity contribution in [3.05, 3.63) is 12.3 Å². The lowest BCUT2D eigenvalue weighted by atomic mass is 10.1. The van der Waals surface area contributed by atoms with Gasteiger partial charge in [-0.1, -0.05) is 6.92 Å². The van der Waals surface area contributed by atoms with Gasteiger partial charge in [0.05, 0.1) is 0 Å². The van der Waals surface area contributed by atoms with E-state index in [2.05, 4.69) is 17.3 Å². The van der Waals surface area contributed by atoms with Crippen LogP contribution in [0.3, 0.4) is 0 Å². The van der Waals surface area contributed by atoms with Crippen molar-refractivity contribution in [1.82, 2.24) is 9.78 Å². The summed E-state index contributed by atoms with van der Waals surface area (Å²) in [4.78, 5) is 0. The third kappa shape index (κ3) is 1.60. The van der Waals surface area contributed by atoms with E-state index in [0.717, 1.165) is 12.4 Å². The molecule has 1 N–H and O–H groups in total. The lowest BCUT2D eigenvalue weighted by Gasteiger charge is -2.07. The zero-order chi connectivity index (χ0) is 8.60. The normalized spacial score (nSPS) is 19.2. The van der Waals surface area contributed by atoms with Crippen molar-refractivity contribution < 1.29 is 0 Å². The van der Waals surface area contributed by atoms with E-state index in [1.165, 1.54) is 12.8 Å². The second kappa shape index (κ2) is 2.51. The van der Waals surface area contributed by atoms with Crippen LogP contribution >= 0.6 is 0 Å². The molecule has 0 bridgehead atoms. The molecule has 0 spiro atoms. The van der Waals surface area contributed by atoms with Gasteiger partial charge in [0.15, 0.2) is 0 Å². The Morgan fingerprint density at radius 2 is 2.42 bits per heavy atom. The fraction of sp³-hybridized carbons (Fsp3) is 0.667. The van der Waals surface area contributed by atoms with E-state index in [1.807, 2.05) is 24.0 Å². The van der Waals surface area contributed by atoms with Crippen LogP contribution < -0.4 is 5.32 Å². The van der Waals surface area contributed by atoms with Gasteiger partial charge >= 0.3 is 0 Å². The fourth-order valence-electron chi connectivity index (χ4n) is 1.20. The standard InChI is InChI=1S/C9H15N3/c1-9(4-5-9)7-10-8-3-6-12(2)11-8/h3,6H,4-5,7H2,1-2H3,(H,10,11). The van der Waals surface area contributed by atoms with Gasteiger partial charge in [-0.3, -0.25) is 4.68 Å². The van der Waals surface area contributed by atoms with Crippen LogP contribution in [0.2, 0.25) is 0 Å². The lowest BCUT2D eigenvalue weighted by molar-refractivity contribution is 0.608. The molecule has 66 valence electrons. The zero-order valence-electron chi connectivity index (χ0n) is 7.67. The van der Waals surface area contributed by atoms with Crippen LogP contribution in [0.15, 0.2) is 12.3 Å². The van der Waals surface area contributed by atoms with Crippen molar-refractivity contribution in [3.8, 4) is 0 Å². The number of nitrogens with zero attached hydrogens (tertiary/aromatic N) is 2. The van der Waals surface area contributed by atoms with E-state index in [1.54, 1.807) is 0 Å². The summed E-state index contributed by atoms with van der Waals surface area (Å²) in [5.41, 5.74) is 0.553. The van der Waals surface area contributed by atoms with Crippen LogP contribution in [0.4, 0.5) is 5.82 Å². The first-order valence-electron chi connectivity index (χ1n) is 4.42. The molecule has 1 saturated carbocycles. The summed E-state index contributed by atoms with van der Waals surface area (Å²) in [5, 5.41) is 7.58. The van der Waals surface area contributed by atoms with Gasteiger partial charge in [-0.15, -0.1) is 0 Å². The Labute approximate surface area is 72.8 Å². The number of rotatable bonds is 3. The summed E-state index contributed by atoms with van der Waals surface area (Å²) in [6, 6.07) is 2.01.